The fourth-order valence-corrected chi connectivity index (χ4v) is 3.37. The molecule has 1 unspecified atom stereocenters. The van der Waals surface area contributed by atoms with Crippen LogP contribution in [-0.4, -0.2) is 0 Å². The molecule has 1 nitrogen and oxygen atoms in total. The quantitative estimate of drug-likeness (QED) is 0.708. The van der Waals surface area contributed by atoms with Gasteiger partial charge in [0.05, 0.1) is 0 Å². The van der Waals surface area contributed by atoms with E-state index in [0.29, 0.717) is 0 Å². The molecular weight excluding hydrogens is 242 g/mol. The topological polar surface area (TPSA) is 26.0 Å². The summed E-state index contributed by atoms with van der Waals surface area (Å²) < 4.78 is 0. The predicted molar refractivity (Wildman–Crippen MR) is 87.8 cm³/mol. The Kier molecular flexibility index (Phi) is 6.59. The van der Waals surface area contributed by atoms with Crippen molar-refractivity contribution < 1.29 is 0 Å². The maximum absolute atomic E-state index is 6.36. The SMILES string of the molecule is CCCCc1ccc(C(N)CCC2CCCCC2)cc1. The normalized spacial score (nSPS) is 18.1. The summed E-state index contributed by atoms with van der Waals surface area (Å²) >= 11 is 0. The van der Waals surface area contributed by atoms with Crippen LogP contribution in [0.4, 0.5) is 0 Å². The highest BCUT2D eigenvalue weighted by Gasteiger charge is 2.15. The zero-order valence-corrected chi connectivity index (χ0v) is 13.1. The van der Waals surface area contributed by atoms with Crippen molar-refractivity contribution in [2.75, 3.05) is 0 Å². The lowest BCUT2D eigenvalue weighted by atomic mass is 9.84. The summed E-state index contributed by atoms with van der Waals surface area (Å²) in [6.45, 7) is 2.25. The van der Waals surface area contributed by atoms with Gasteiger partial charge in [-0.25, -0.2) is 0 Å². The molecule has 0 spiro atoms. The molecular formula is C19H31N. The molecule has 1 saturated carbocycles. The van der Waals surface area contributed by atoms with Gasteiger partial charge in [-0.15, -0.1) is 0 Å². The van der Waals surface area contributed by atoms with Crippen LogP contribution in [0.1, 0.15) is 81.9 Å². The van der Waals surface area contributed by atoms with E-state index in [0.717, 1.165) is 12.3 Å². The van der Waals surface area contributed by atoms with Crippen molar-refractivity contribution >= 4 is 0 Å². The monoisotopic (exact) mass is 273 g/mol. The maximum Gasteiger partial charge on any atom is 0.0294 e. The van der Waals surface area contributed by atoms with Crippen LogP contribution in [0, 0.1) is 5.92 Å². The van der Waals surface area contributed by atoms with Crippen molar-refractivity contribution in [3.8, 4) is 0 Å². The van der Waals surface area contributed by atoms with Gasteiger partial charge in [-0.05, 0) is 42.7 Å². The molecule has 1 atom stereocenters. The molecule has 0 aromatic heterocycles. The lowest BCUT2D eigenvalue weighted by molar-refractivity contribution is 0.324. The largest absolute Gasteiger partial charge is 0.324 e. The van der Waals surface area contributed by atoms with Gasteiger partial charge in [0.15, 0.2) is 0 Å². The van der Waals surface area contributed by atoms with E-state index in [1.54, 1.807) is 0 Å². The fourth-order valence-electron chi connectivity index (χ4n) is 3.37. The lowest BCUT2D eigenvalue weighted by Gasteiger charge is -2.23. The van der Waals surface area contributed by atoms with Crippen molar-refractivity contribution in [2.45, 2.75) is 77.2 Å². The van der Waals surface area contributed by atoms with E-state index in [4.69, 9.17) is 5.73 Å². The van der Waals surface area contributed by atoms with E-state index in [1.165, 1.54) is 68.9 Å². The van der Waals surface area contributed by atoms with E-state index in [2.05, 4.69) is 31.2 Å². The first kappa shape index (κ1) is 15.6. The second kappa shape index (κ2) is 8.46. The molecule has 0 aliphatic heterocycles. The van der Waals surface area contributed by atoms with Crippen molar-refractivity contribution in [3.05, 3.63) is 35.4 Å². The van der Waals surface area contributed by atoms with E-state index >= 15 is 0 Å². The zero-order chi connectivity index (χ0) is 14.2. The maximum atomic E-state index is 6.36. The molecule has 0 radical (unpaired) electrons. The lowest BCUT2D eigenvalue weighted by Crippen LogP contribution is -2.14. The van der Waals surface area contributed by atoms with Gasteiger partial charge in [-0.3, -0.25) is 0 Å². The van der Waals surface area contributed by atoms with Crippen LogP contribution in [0.3, 0.4) is 0 Å². The molecule has 0 saturated heterocycles. The van der Waals surface area contributed by atoms with E-state index < -0.39 is 0 Å². The average molecular weight is 273 g/mol. The first-order valence-electron chi connectivity index (χ1n) is 8.64. The molecule has 1 aliphatic carbocycles. The van der Waals surface area contributed by atoms with Crippen molar-refractivity contribution in [1.29, 1.82) is 0 Å². The summed E-state index contributed by atoms with van der Waals surface area (Å²) in [6.07, 6.45) is 13.4. The van der Waals surface area contributed by atoms with E-state index in [9.17, 15) is 0 Å². The van der Waals surface area contributed by atoms with Crippen LogP contribution >= 0.6 is 0 Å². The summed E-state index contributed by atoms with van der Waals surface area (Å²) in [4.78, 5) is 0. The van der Waals surface area contributed by atoms with Gasteiger partial charge >= 0.3 is 0 Å². The van der Waals surface area contributed by atoms with Crippen LogP contribution in [0.25, 0.3) is 0 Å². The van der Waals surface area contributed by atoms with E-state index in [1.807, 2.05) is 0 Å². The molecule has 1 fully saturated rings. The molecule has 0 bridgehead atoms. The van der Waals surface area contributed by atoms with Gasteiger partial charge in [0.2, 0.25) is 0 Å². The third-order valence-electron chi connectivity index (χ3n) is 4.84. The standard InChI is InChI=1S/C19H31N/c1-2-3-7-17-10-13-18(14-11-17)19(20)15-12-16-8-5-4-6-9-16/h10-11,13-14,16,19H,2-9,12,15,20H2,1H3. The molecule has 0 amide bonds. The second-order valence-corrected chi connectivity index (χ2v) is 6.53. The molecule has 2 rings (SSSR count). The zero-order valence-electron chi connectivity index (χ0n) is 13.1. The Bertz CT molecular complexity index is 362. The van der Waals surface area contributed by atoms with Crippen LogP contribution in [0.2, 0.25) is 0 Å². The summed E-state index contributed by atoms with van der Waals surface area (Å²) in [5.74, 6) is 0.943. The Labute approximate surface area is 125 Å². The minimum Gasteiger partial charge on any atom is -0.324 e. The average Bonchev–Trinajstić information content (AvgIpc) is 2.52. The number of hydrogen-bond donors (Lipinski definition) is 1. The Morgan fingerprint density at radius 3 is 2.45 bits per heavy atom. The highest BCUT2D eigenvalue weighted by Crippen LogP contribution is 2.29. The molecule has 112 valence electrons. The van der Waals surface area contributed by atoms with Gasteiger partial charge in [0.25, 0.3) is 0 Å². The van der Waals surface area contributed by atoms with Crippen molar-refractivity contribution in [1.82, 2.24) is 0 Å². The number of unbranched alkanes of at least 4 members (excludes halogenated alkanes) is 1. The fraction of sp³-hybridized carbons (Fsp3) is 0.684. The Balaban J connectivity index is 1.77. The molecule has 1 aliphatic rings. The number of aryl methyl sites for hydroxylation is 1. The summed E-state index contributed by atoms with van der Waals surface area (Å²) in [7, 11) is 0. The first-order chi connectivity index (χ1) is 9.79. The first-order valence-corrected chi connectivity index (χ1v) is 8.64. The Morgan fingerprint density at radius 1 is 1.10 bits per heavy atom. The van der Waals surface area contributed by atoms with Crippen LogP contribution in [0.5, 0.6) is 0 Å². The van der Waals surface area contributed by atoms with Gasteiger partial charge in [0.1, 0.15) is 0 Å². The second-order valence-electron chi connectivity index (χ2n) is 6.53. The number of rotatable bonds is 7. The van der Waals surface area contributed by atoms with Crippen LogP contribution < -0.4 is 5.73 Å². The molecule has 1 heteroatoms. The number of hydrogen-bond acceptors (Lipinski definition) is 1. The molecule has 20 heavy (non-hydrogen) atoms. The summed E-state index contributed by atoms with van der Waals surface area (Å²) in [5, 5.41) is 0. The van der Waals surface area contributed by atoms with Crippen molar-refractivity contribution in [3.63, 3.8) is 0 Å². The van der Waals surface area contributed by atoms with E-state index in [-0.39, 0.29) is 6.04 Å². The molecule has 1 aromatic rings. The third-order valence-corrected chi connectivity index (χ3v) is 4.84. The smallest absolute Gasteiger partial charge is 0.0294 e. The predicted octanol–water partition coefficient (Wildman–Crippen LogP) is 5.39. The van der Waals surface area contributed by atoms with Gasteiger partial charge in [-0.1, -0.05) is 69.7 Å². The van der Waals surface area contributed by atoms with Crippen molar-refractivity contribution in [2.24, 2.45) is 11.7 Å². The number of nitrogens with two attached hydrogens (primary N) is 1. The molecule has 1 aromatic carbocycles. The summed E-state index contributed by atoms with van der Waals surface area (Å²) in [6, 6.07) is 9.27. The third kappa shape index (κ3) is 4.94. The number of benzene rings is 1. The highest BCUT2D eigenvalue weighted by molar-refractivity contribution is 5.24. The molecule has 2 N–H and O–H groups in total. The minimum atomic E-state index is 0.233. The Hall–Kier alpha value is -0.820. The minimum absolute atomic E-state index is 0.233. The summed E-state index contributed by atoms with van der Waals surface area (Å²) in [5.41, 5.74) is 9.14. The Morgan fingerprint density at radius 2 is 1.80 bits per heavy atom. The van der Waals surface area contributed by atoms with Crippen LogP contribution in [-0.2, 0) is 6.42 Å². The molecule has 0 heterocycles. The van der Waals surface area contributed by atoms with Gasteiger partial charge in [-0.2, -0.15) is 0 Å². The van der Waals surface area contributed by atoms with Crippen LogP contribution in [0.15, 0.2) is 24.3 Å². The van der Waals surface area contributed by atoms with Gasteiger partial charge in [0, 0.05) is 6.04 Å². The highest BCUT2D eigenvalue weighted by atomic mass is 14.6. The van der Waals surface area contributed by atoms with Gasteiger partial charge < -0.3 is 5.73 Å².